The second kappa shape index (κ2) is 5.69. The van der Waals surface area contributed by atoms with Crippen molar-refractivity contribution in [3.63, 3.8) is 0 Å². The highest BCUT2D eigenvalue weighted by molar-refractivity contribution is 7.92. The summed E-state index contributed by atoms with van der Waals surface area (Å²) in [4.78, 5) is 8.38. The first kappa shape index (κ1) is 15.2. The lowest BCUT2D eigenvalue weighted by atomic mass is 10.2. The molecule has 1 aromatic carbocycles. The maximum absolute atomic E-state index is 12.4. The molecular formula is C14H17N3O3S. The van der Waals surface area contributed by atoms with Crippen LogP contribution in [-0.4, -0.2) is 25.5 Å². The third kappa shape index (κ3) is 3.30. The Morgan fingerprint density at radius 3 is 2.24 bits per heavy atom. The van der Waals surface area contributed by atoms with Gasteiger partial charge in [-0.1, -0.05) is 12.1 Å². The fourth-order valence-corrected chi connectivity index (χ4v) is 3.18. The van der Waals surface area contributed by atoms with Gasteiger partial charge in [0.2, 0.25) is 0 Å². The second-order valence-electron chi connectivity index (χ2n) is 4.68. The van der Waals surface area contributed by atoms with Gasteiger partial charge in [0.1, 0.15) is 0 Å². The summed E-state index contributed by atoms with van der Waals surface area (Å²) in [6.45, 7) is 5.24. The zero-order chi connectivity index (χ0) is 15.6. The summed E-state index contributed by atoms with van der Waals surface area (Å²) in [5, 5.41) is 0. The first-order valence-electron chi connectivity index (χ1n) is 6.32. The number of rotatable bonds is 4. The zero-order valence-electron chi connectivity index (χ0n) is 12.3. The van der Waals surface area contributed by atoms with Crippen LogP contribution in [0.25, 0.3) is 0 Å². The normalized spacial score (nSPS) is 11.2. The molecule has 0 unspecified atom stereocenters. The average Bonchev–Trinajstić information content (AvgIpc) is 2.42. The Labute approximate surface area is 124 Å². The molecule has 1 N–H and O–H groups in total. The first-order valence-corrected chi connectivity index (χ1v) is 7.80. The summed E-state index contributed by atoms with van der Waals surface area (Å²) in [6, 6.07) is 6.91. The fraction of sp³-hybridized carbons (Fsp3) is 0.286. The van der Waals surface area contributed by atoms with Crippen LogP contribution in [0.2, 0.25) is 0 Å². The molecule has 0 amide bonds. The Morgan fingerprint density at radius 1 is 1.10 bits per heavy atom. The van der Waals surface area contributed by atoms with Crippen LogP contribution in [0.15, 0.2) is 29.2 Å². The molecule has 0 aliphatic heterocycles. The number of ether oxygens (including phenoxy) is 1. The molecule has 1 heterocycles. The standard InChI is InChI=1S/C14H17N3O3S/c1-9-6-5-7-12(8-9)21(18,19)17-13-10(2)15-14(20-4)16-11(13)3/h5-8,17H,1-4H3. The minimum atomic E-state index is -3.67. The molecule has 2 rings (SSSR count). The van der Waals surface area contributed by atoms with Gasteiger partial charge in [-0.2, -0.15) is 9.97 Å². The smallest absolute Gasteiger partial charge is 0.316 e. The van der Waals surface area contributed by atoms with E-state index in [1.54, 1.807) is 32.0 Å². The molecule has 0 atom stereocenters. The predicted molar refractivity (Wildman–Crippen MR) is 80.0 cm³/mol. The van der Waals surface area contributed by atoms with Crippen LogP contribution in [0.4, 0.5) is 5.69 Å². The molecule has 0 saturated carbocycles. The van der Waals surface area contributed by atoms with Crippen molar-refractivity contribution in [2.24, 2.45) is 0 Å². The third-order valence-corrected chi connectivity index (χ3v) is 4.32. The molecule has 6 nitrogen and oxygen atoms in total. The molecule has 112 valence electrons. The molecule has 0 fully saturated rings. The number of aryl methyl sites for hydroxylation is 3. The Bertz CT molecular complexity index is 750. The van der Waals surface area contributed by atoms with Crippen LogP contribution in [0, 0.1) is 20.8 Å². The first-order chi connectivity index (χ1) is 9.83. The summed E-state index contributed by atoms with van der Waals surface area (Å²) in [5.41, 5.74) is 2.26. The topological polar surface area (TPSA) is 81.2 Å². The number of anilines is 1. The van der Waals surface area contributed by atoms with Crippen LogP contribution < -0.4 is 9.46 Å². The van der Waals surface area contributed by atoms with Crippen molar-refractivity contribution in [2.75, 3.05) is 11.8 Å². The lowest BCUT2D eigenvalue weighted by Gasteiger charge is -2.13. The maximum atomic E-state index is 12.4. The van der Waals surface area contributed by atoms with E-state index in [4.69, 9.17) is 4.74 Å². The van der Waals surface area contributed by atoms with Gasteiger partial charge < -0.3 is 4.74 Å². The Balaban J connectivity index is 2.42. The van der Waals surface area contributed by atoms with Crippen LogP contribution in [0.1, 0.15) is 17.0 Å². The van der Waals surface area contributed by atoms with E-state index in [0.29, 0.717) is 17.1 Å². The molecule has 2 aromatic rings. The number of nitrogens with one attached hydrogen (secondary N) is 1. The number of hydrogen-bond acceptors (Lipinski definition) is 5. The highest BCUT2D eigenvalue weighted by atomic mass is 32.2. The summed E-state index contributed by atoms with van der Waals surface area (Å²) in [7, 11) is -2.21. The molecule has 1 aromatic heterocycles. The van der Waals surface area contributed by atoms with Crippen LogP contribution in [0.3, 0.4) is 0 Å². The minimum Gasteiger partial charge on any atom is -0.467 e. The van der Waals surface area contributed by atoms with Crippen molar-refractivity contribution < 1.29 is 13.2 Å². The van der Waals surface area contributed by atoms with Crippen molar-refractivity contribution in [3.8, 4) is 6.01 Å². The SMILES string of the molecule is COc1nc(C)c(NS(=O)(=O)c2cccc(C)c2)c(C)n1. The van der Waals surface area contributed by atoms with Gasteiger partial charge >= 0.3 is 6.01 Å². The van der Waals surface area contributed by atoms with E-state index >= 15 is 0 Å². The van der Waals surface area contributed by atoms with E-state index < -0.39 is 10.0 Å². The average molecular weight is 307 g/mol. The summed E-state index contributed by atoms with van der Waals surface area (Å²) in [5.74, 6) is 0. The Morgan fingerprint density at radius 2 is 1.71 bits per heavy atom. The van der Waals surface area contributed by atoms with E-state index in [0.717, 1.165) is 5.56 Å². The summed E-state index contributed by atoms with van der Waals surface area (Å²) in [6.07, 6.45) is 0. The van der Waals surface area contributed by atoms with E-state index in [1.165, 1.54) is 7.11 Å². The van der Waals surface area contributed by atoms with E-state index in [9.17, 15) is 8.42 Å². The van der Waals surface area contributed by atoms with E-state index in [2.05, 4.69) is 14.7 Å². The summed E-state index contributed by atoms with van der Waals surface area (Å²) < 4.78 is 32.3. The number of benzene rings is 1. The molecule has 0 saturated heterocycles. The third-order valence-electron chi connectivity index (χ3n) is 2.97. The predicted octanol–water partition coefficient (Wildman–Crippen LogP) is 2.21. The van der Waals surface area contributed by atoms with E-state index in [1.807, 2.05) is 13.0 Å². The van der Waals surface area contributed by atoms with Crippen LogP contribution in [0.5, 0.6) is 6.01 Å². The van der Waals surface area contributed by atoms with Crippen LogP contribution >= 0.6 is 0 Å². The Kier molecular flexibility index (Phi) is 4.13. The Hall–Kier alpha value is -2.15. The molecular weight excluding hydrogens is 290 g/mol. The lowest BCUT2D eigenvalue weighted by Crippen LogP contribution is -2.16. The fourth-order valence-electron chi connectivity index (χ4n) is 1.90. The van der Waals surface area contributed by atoms with Gasteiger partial charge in [0.15, 0.2) is 0 Å². The zero-order valence-corrected chi connectivity index (χ0v) is 13.2. The molecule has 0 aliphatic rings. The molecule has 0 radical (unpaired) electrons. The van der Waals surface area contributed by atoms with Crippen molar-refractivity contribution in [1.82, 2.24) is 9.97 Å². The van der Waals surface area contributed by atoms with Crippen molar-refractivity contribution in [1.29, 1.82) is 0 Å². The number of hydrogen-bond donors (Lipinski definition) is 1. The molecule has 0 bridgehead atoms. The van der Waals surface area contributed by atoms with Crippen molar-refractivity contribution >= 4 is 15.7 Å². The highest BCUT2D eigenvalue weighted by Crippen LogP contribution is 2.23. The van der Waals surface area contributed by atoms with Gasteiger partial charge in [-0.25, -0.2) is 8.42 Å². The molecule has 7 heteroatoms. The number of aromatic nitrogens is 2. The number of nitrogens with zero attached hydrogens (tertiary/aromatic N) is 2. The minimum absolute atomic E-state index is 0.206. The molecule has 0 spiro atoms. The maximum Gasteiger partial charge on any atom is 0.316 e. The highest BCUT2D eigenvalue weighted by Gasteiger charge is 2.18. The monoisotopic (exact) mass is 307 g/mol. The van der Waals surface area contributed by atoms with Gasteiger partial charge in [0.25, 0.3) is 10.0 Å². The van der Waals surface area contributed by atoms with Crippen molar-refractivity contribution in [2.45, 2.75) is 25.7 Å². The second-order valence-corrected chi connectivity index (χ2v) is 6.36. The molecule has 21 heavy (non-hydrogen) atoms. The van der Waals surface area contributed by atoms with Gasteiger partial charge in [0.05, 0.1) is 29.1 Å². The number of methoxy groups -OCH3 is 1. The largest absolute Gasteiger partial charge is 0.467 e. The van der Waals surface area contributed by atoms with Crippen molar-refractivity contribution in [3.05, 3.63) is 41.2 Å². The van der Waals surface area contributed by atoms with Gasteiger partial charge in [-0.05, 0) is 38.5 Å². The quantitative estimate of drug-likeness (QED) is 0.936. The molecule has 0 aliphatic carbocycles. The van der Waals surface area contributed by atoms with Gasteiger partial charge in [0, 0.05) is 0 Å². The van der Waals surface area contributed by atoms with Gasteiger partial charge in [-0.3, -0.25) is 4.72 Å². The van der Waals surface area contributed by atoms with Crippen LogP contribution in [-0.2, 0) is 10.0 Å². The lowest BCUT2D eigenvalue weighted by molar-refractivity contribution is 0.378. The van der Waals surface area contributed by atoms with E-state index in [-0.39, 0.29) is 10.9 Å². The number of sulfonamides is 1. The van der Waals surface area contributed by atoms with Gasteiger partial charge in [-0.15, -0.1) is 0 Å². The summed E-state index contributed by atoms with van der Waals surface area (Å²) >= 11 is 0.